The van der Waals surface area contributed by atoms with Crippen LogP contribution in [0.25, 0.3) is 0 Å². The molecule has 2 N–H and O–H groups in total. The minimum Gasteiger partial charge on any atom is -0.357 e. The Hall–Kier alpha value is -2.30. The topological polar surface area (TPSA) is 54.2 Å². The molecule has 5 nitrogen and oxygen atoms in total. The SMILES string of the molecule is CCNC(=NCc1ccc(C)cc1C)NCCn1ccnc1. The third-order valence-corrected chi connectivity index (χ3v) is 3.47. The van der Waals surface area contributed by atoms with Crippen molar-refractivity contribution < 1.29 is 0 Å². The number of hydrogen-bond acceptors (Lipinski definition) is 2. The lowest BCUT2D eigenvalue weighted by atomic mass is 10.1. The highest BCUT2D eigenvalue weighted by atomic mass is 15.2. The Morgan fingerprint density at radius 1 is 1.27 bits per heavy atom. The van der Waals surface area contributed by atoms with Gasteiger partial charge < -0.3 is 15.2 Å². The van der Waals surface area contributed by atoms with Gasteiger partial charge in [-0.25, -0.2) is 9.98 Å². The van der Waals surface area contributed by atoms with Gasteiger partial charge in [0, 0.05) is 32.0 Å². The number of guanidine groups is 1. The molecule has 0 radical (unpaired) electrons. The van der Waals surface area contributed by atoms with E-state index in [0.29, 0.717) is 6.54 Å². The van der Waals surface area contributed by atoms with E-state index >= 15 is 0 Å². The molecule has 0 unspecified atom stereocenters. The highest BCUT2D eigenvalue weighted by Crippen LogP contribution is 2.11. The van der Waals surface area contributed by atoms with Gasteiger partial charge in [-0.1, -0.05) is 23.8 Å². The predicted octanol–water partition coefficient (Wildman–Crippen LogP) is 2.26. The van der Waals surface area contributed by atoms with Crippen LogP contribution in [0.3, 0.4) is 0 Å². The Morgan fingerprint density at radius 2 is 2.14 bits per heavy atom. The predicted molar refractivity (Wildman–Crippen MR) is 91.0 cm³/mol. The van der Waals surface area contributed by atoms with Gasteiger partial charge in [-0.3, -0.25) is 0 Å². The number of aryl methyl sites for hydroxylation is 2. The van der Waals surface area contributed by atoms with Gasteiger partial charge >= 0.3 is 0 Å². The maximum Gasteiger partial charge on any atom is 0.191 e. The number of aromatic nitrogens is 2. The summed E-state index contributed by atoms with van der Waals surface area (Å²) in [5.41, 5.74) is 3.84. The molecular formula is C17H25N5. The summed E-state index contributed by atoms with van der Waals surface area (Å²) in [5, 5.41) is 6.63. The highest BCUT2D eigenvalue weighted by molar-refractivity contribution is 5.79. The van der Waals surface area contributed by atoms with Crippen molar-refractivity contribution in [2.75, 3.05) is 13.1 Å². The molecule has 0 aliphatic rings. The second kappa shape index (κ2) is 8.22. The molecule has 0 amide bonds. The number of imidazole rings is 1. The molecule has 0 bridgehead atoms. The zero-order valence-corrected chi connectivity index (χ0v) is 13.6. The Labute approximate surface area is 132 Å². The zero-order valence-electron chi connectivity index (χ0n) is 13.6. The van der Waals surface area contributed by atoms with Crippen molar-refractivity contribution >= 4 is 5.96 Å². The first-order valence-corrected chi connectivity index (χ1v) is 7.73. The molecule has 5 heteroatoms. The summed E-state index contributed by atoms with van der Waals surface area (Å²) >= 11 is 0. The fraction of sp³-hybridized carbons (Fsp3) is 0.412. The second-order valence-electron chi connectivity index (χ2n) is 5.35. The van der Waals surface area contributed by atoms with E-state index in [1.54, 1.807) is 6.20 Å². The van der Waals surface area contributed by atoms with E-state index in [1.165, 1.54) is 16.7 Å². The minimum absolute atomic E-state index is 0.687. The van der Waals surface area contributed by atoms with Crippen LogP contribution in [-0.4, -0.2) is 28.6 Å². The molecular weight excluding hydrogens is 274 g/mol. The zero-order chi connectivity index (χ0) is 15.8. The monoisotopic (exact) mass is 299 g/mol. The van der Waals surface area contributed by atoms with E-state index in [4.69, 9.17) is 0 Å². The standard InChI is InChI=1S/C17H25N5/c1-4-19-17(20-8-10-22-9-7-18-13-22)21-12-16-6-5-14(2)11-15(16)3/h5-7,9,11,13H,4,8,10,12H2,1-3H3,(H2,19,20,21). The first-order chi connectivity index (χ1) is 10.7. The number of nitrogens with one attached hydrogen (secondary N) is 2. The maximum atomic E-state index is 4.66. The fourth-order valence-corrected chi connectivity index (χ4v) is 2.25. The Bertz CT molecular complexity index is 602. The lowest BCUT2D eigenvalue weighted by Gasteiger charge is -2.12. The van der Waals surface area contributed by atoms with Gasteiger partial charge in [0.1, 0.15) is 0 Å². The highest BCUT2D eigenvalue weighted by Gasteiger charge is 2.00. The van der Waals surface area contributed by atoms with Crippen LogP contribution in [0, 0.1) is 13.8 Å². The molecule has 118 valence electrons. The van der Waals surface area contributed by atoms with Crippen LogP contribution in [0.5, 0.6) is 0 Å². The molecule has 0 aliphatic heterocycles. The number of hydrogen-bond donors (Lipinski definition) is 2. The molecule has 0 saturated carbocycles. The summed E-state index contributed by atoms with van der Waals surface area (Å²) in [7, 11) is 0. The molecule has 0 saturated heterocycles. The largest absolute Gasteiger partial charge is 0.357 e. The maximum absolute atomic E-state index is 4.66. The van der Waals surface area contributed by atoms with Crippen LogP contribution in [0.1, 0.15) is 23.6 Å². The minimum atomic E-state index is 0.687. The van der Waals surface area contributed by atoms with Crippen molar-refractivity contribution in [3.05, 3.63) is 53.6 Å². The van der Waals surface area contributed by atoms with Crippen molar-refractivity contribution in [3.63, 3.8) is 0 Å². The van der Waals surface area contributed by atoms with E-state index in [0.717, 1.165) is 25.6 Å². The summed E-state index contributed by atoms with van der Waals surface area (Å²) in [5.74, 6) is 0.850. The van der Waals surface area contributed by atoms with Gasteiger partial charge in [0.2, 0.25) is 0 Å². The van der Waals surface area contributed by atoms with E-state index in [2.05, 4.69) is 59.6 Å². The fourth-order valence-electron chi connectivity index (χ4n) is 2.25. The normalized spacial score (nSPS) is 11.5. The van der Waals surface area contributed by atoms with E-state index in [-0.39, 0.29) is 0 Å². The molecule has 2 aromatic rings. The Kier molecular flexibility index (Phi) is 6.01. The quantitative estimate of drug-likeness (QED) is 0.635. The Balaban J connectivity index is 1.91. The molecule has 1 heterocycles. The van der Waals surface area contributed by atoms with Gasteiger partial charge in [-0.15, -0.1) is 0 Å². The molecule has 1 aromatic carbocycles. The number of nitrogens with zero attached hydrogens (tertiary/aromatic N) is 3. The van der Waals surface area contributed by atoms with Crippen LogP contribution in [0.15, 0.2) is 41.9 Å². The first kappa shape index (κ1) is 16.1. The third kappa shape index (κ3) is 4.91. The van der Waals surface area contributed by atoms with Crippen molar-refractivity contribution in [3.8, 4) is 0 Å². The van der Waals surface area contributed by atoms with E-state index in [1.807, 2.05) is 17.1 Å². The summed E-state index contributed by atoms with van der Waals surface area (Å²) < 4.78 is 2.04. The average Bonchev–Trinajstić information content (AvgIpc) is 2.99. The summed E-state index contributed by atoms with van der Waals surface area (Å²) in [6.45, 7) is 9.54. The van der Waals surface area contributed by atoms with E-state index < -0.39 is 0 Å². The first-order valence-electron chi connectivity index (χ1n) is 7.73. The van der Waals surface area contributed by atoms with Crippen LogP contribution in [0.2, 0.25) is 0 Å². The van der Waals surface area contributed by atoms with E-state index in [9.17, 15) is 0 Å². The molecule has 0 spiro atoms. The summed E-state index contributed by atoms with van der Waals surface area (Å²) in [6.07, 6.45) is 5.57. The van der Waals surface area contributed by atoms with Crippen LogP contribution < -0.4 is 10.6 Å². The number of benzene rings is 1. The number of aliphatic imine (C=N–C) groups is 1. The lowest BCUT2D eigenvalue weighted by Crippen LogP contribution is -2.38. The molecule has 0 aliphatic carbocycles. The molecule has 2 rings (SSSR count). The van der Waals surface area contributed by atoms with Crippen molar-refractivity contribution in [1.82, 2.24) is 20.2 Å². The van der Waals surface area contributed by atoms with Crippen molar-refractivity contribution in [2.24, 2.45) is 4.99 Å². The molecule has 22 heavy (non-hydrogen) atoms. The van der Waals surface area contributed by atoms with Gasteiger partial charge in [0.05, 0.1) is 12.9 Å². The second-order valence-corrected chi connectivity index (χ2v) is 5.35. The van der Waals surface area contributed by atoms with Crippen LogP contribution in [0.4, 0.5) is 0 Å². The molecule has 1 aromatic heterocycles. The van der Waals surface area contributed by atoms with Gasteiger partial charge in [-0.2, -0.15) is 0 Å². The van der Waals surface area contributed by atoms with Crippen molar-refractivity contribution in [2.45, 2.75) is 33.9 Å². The molecule has 0 atom stereocenters. The average molecular weight is 299 g/mol. The van der Waals surface area contributed by atoms with Gasteiger partial charge in [0.15, 0.2) is 5.96 Å². The third-order valence-electron chi connectivity index (χ3n) is 3.47. The summed E-state index contributed by atoms with van der Waals surface area (Å²) in [6, 6.07) is 6.49. The van der Waals surface area contributed by atoms with Gasteiger partial charge in [-0.05, 0) is 31.9 Å². The Morgan fingerprint density at radius 3 is 2.82 bits per heavy atom. The van der Waals surface area contributed by atoms with Crippen LogP contribution >= 0.6 is 0 Å². The smallest absolute Gasteiger partial charge is 0.191 e. The molecule has 0 fully saturated rings. The van der Waals surface area contributed by atoms with Gasteiger partial charge in [0.25, 0.3) is 0 Å². The van der Waals surface area contributed by atoms with Crippen molar-refractivity contribution in [1.29, 1.82) is 0 Å². The van der Waals surface area contributed by atoms with Crippen LogP contribution in [-0.2, 0) is 13.1 Å². The number of rotatable bonds is 6. The summed E-state index contributed by atoms with van der Waals surface area (Å²) in [4.78, 5) is 8.70. The lowest BCUT2D eigenvalue weighted by molar-refractivity contribution is 0.662.